The maximum absolute atomic E-state index is 11.7. The van der Waals surface area contributed by atoms with Gasteiger partial charge in [0.25, 0.3) is 0 Å². The molecule has 0 heterocycles. The van der Waals surface area contributed by atoms with Crippen LogP contribution >= 0.6 is 23.2 Å². The summed E-state index contributed by atoms with van der Waals surface area (Å²) in [4.78, 5) is 11.7. The third-order valence-corrected chi connectivity index (χ3v) is 4.00. The fourth-order valence-corrected chi connectivity index (χ4v) is 2.16. The van der Waals surface area contributed by atoms with E-state index in [0.29, 0.717) is 23.9 Å². The number of carbonyl (C=O) groups is 1. The van der Waals surface area contributed by atoms with Crippen LogP contribution in [0.1, 0.15) is 18.4 Å². The minimum absolute atomic E-state index is 0.0451. The number of rotatable bonds is 5. The van der Waals surface area contributed by atoms with E-state index in [1.807, 2.05) is 12.1 Å². The number of hydrogen-bond donors (Lipinski definition) is 1. The van der Waals surface area contributed by atoms with Crippen LogP contribution in [0.2, 0.25) is 5.02 Å². The first kappa shape index (κ1) is 12.7. The Balaban J connectivity index is 1.79. The number of amides is 1. The second-order valence-corrected chi connectivity index (χ2v) is 5.42. The van der Waals surface area contributed by atoms with Gasteiger partial charge in [0.1, 0.15) is 0 Å². The second-order valence-electron chi connectivity index (χ2n) is 4.71. The molecule has 0 aliphatic heterocycles. The quantitative estimate of drug-likeness (QED) is 0.820. The molecule has 1 aromatic rings. The van der Waals surface area contributed by atoms with Crippen molar-refractivity contribution in [3.8, 4) is 0 Å². The van der Waals surface area contributed by atoms with Crippen molar-refractivity contribution in [2.75, 3.05) is 12.4 Å². The molecule has 0 bridgehead atoms. The number of nitrogens with one attached hydrogen (secondary N) is 1. The largest absolute Gasteiger partial charge is 0.355 e. The van der Waals surface area contributed by atoms with Gasteiger partial charge in [-0.05, 0) is 30.5 Å². The SMILES string of the molecule is O=C(Cc1ccc(Cl)cc1)NCC1(CCl)CC1. The summed E-state index contributed by atoms with van der Waals surface area (Å²) in [6.45, 7) is 0.697. The Kier molecular flexibility index (Phi) is 3.95. The van der Waals surface area contributed by atoms with Gasteiger partial charge >= 0.3 is 0 Å². The van der Waals surface area contributed by atoms with Gasteiger partial charge in [-0.3, -0.25) is 4.79 Å². The first-order valence-electron chi connectivity index (χ1n) is 5.71. The first-order chi connectivity index (χ1) is 8.13. The lowest BCUT2D eigenvalue weighted by atomic mass is 10.1. The zero-order chi connectivity index (χ0) is 12.3. The van der Waals surface area contributed by atoms with Crippen molar-refractivity contribution in [2.45, 2.75) is 19.3 Å². The molecule has 2 rings (SSSR count). The monoisotopic (exact) mass is 271 g/mol. The van der Waals surface area contributed by atoms with Crippen LogP contribution in [0.15, 0.2) is 24.3 Å². The molecule has 1 fully saturated rings. The number of halogens is 2. The van der Waals surface area contributed by atoms with Crippen molar-refractivity contribution in [3.05, 3.63) is 34.9 Å². The van der Waals surface area contributed by atoms with Crippen LogP contribution in [0.3, 0.4) is 0 Å². The van der Waals surface area contributed by atoms with E-state index in [1.54, 1.807) is 12.1 Å². The smallest absolute Gasteiger partial charge is 0.224 e. The van der Waals surface area contributed by atoms with E-state index in [1.165, 1.54) is 0 Å². The van der Waals surface area contributed by atoms with Crippen molar-refractivity contribution in [2.24, 2.45) is 5.41 Å². The Bertz CT molecular complexity index is 398. The number of carbonyl (C=O) groups excluding carboxylic acids is 1. The van der Waals surface area contributed by atoms with Crippen molar-refractivity contribution in [1.29, 1.82) is 0 Å². The van der Waals surface area contributed by atoms with Gasteiger partial charge in [-0.1, -0.05) is 23.7 Å². The summed E-state index contributed by atoms with van der Waals surface area (Å²) in [5.41, 5.74) is 1.15. The van der Waals surface area contributed by atoms with Crippen molar-refractivity contribution >= 4 is 29.1 Å². The fraction of sp³-hybridized carbons (Fsp3) is 0.462. The first-order valence-corrected chi connectivity index (χ1v) is 6.62. The Morgan fingerprint density at radius 3 is 2.47 bits per heavy atom. The Hall–Kier alpha value is -0.730. The highest BCUT2D eigenvalue weighted by Gasteiger charge is 2.41. The third kappa shape index (κ3) is 3.62. The summed E-state index contributed by atoms with van der Waals surface area (Å²) in [5.74, 6) is 0.678. The lowest BCUT2D eigenvalue weighted by molar-refractivity contribution is -0.120. The van der Waals surface area contributed by atoms with Crippen LogP contribution in [0.4, 0.5) is 0 Å². The fourth-order valence-electron chi connectivity index (χ4n) is 1.67. The van der Waals surface area contributed by atoms with Crippen LogP contribution in [0.5, 0.6) is 0 Å². The highest BCUT2D eigenvalue weighted by molar-refractivity contribution is 6.30. The van der Waals surface area contributed by atoms with E-state index in [2.05, 4.69) is 5.32 Å². The summed E-state index contributed by atoms with van der Waals surface area (Å²) in [6.07, 6.45) is 2.64. The Labute approximate surface area is 111 Å². The summed E-state index contributed by atoms with van der Waals surface area (Å²) >= 11 is 11.6. The molecule has 0 aromatic heterocycles. The molecule has 1 N–H and O–H groups in total. The van der Waals surface area contributed by atoms with E-state index >= 15 is 0 Å². The molecule has 4 heteroatoms. The summed E-state index contributed by atoms with van der Waals surface area (Å²) < 4.78 is 0. The number of alkyl halides is 1. The Morgan fingerprint density at radius 1 is 1.29 bits per heavy atom. The summed E-state index contributed by atoms with van der Waals surface area (Å²) in [5, 5.41) is 3.63. The van der Waals surface area contributed by atoms with Gasteiger partial charge < -0.3 is 5.32 Å². The molecule has 0 atom stereocenters. The van der Waals surface area contributed by atoms with Gasteiger partial charge in [0.15, 0.2) is 0 Å². The predicted octanol–water partition coefficient (Wildman–Crippen LogP) is 3.02. The molecule has 0 unspecified atom stereocenters. The van der Waals surface area contributed by atoms with E-state index in [0.717, 1.165) is 18.4 Å². The van der Waals surface area contributed by atoms with Gasteiger partial charge in [0, 0.05) is 22.9 Å². The molecule has 1 aromatic carbocycles. The van der Waals surface area contributed by atoms with E-state index in [9.17, 15) is 4.79 Å². The van der Waals surface area contributed by atoms with Crippen molar-refractivity contribution < 1.29 is 4.79 Å². The minimum atomic E-state index is 0.0451. The standard InChI is InChI=1S/C13H15Cl2NO/c14-8-13(5-6-13)9-16-12(17)7-10-1-3-11(15)4-2-10/h1-4H,5-9H2,(H,16,17). The van der Waals surface area contributed by atoms with E-state index in [-0.39, 0.29) is 11.3 Å². The summed E-state index contributed by atoms with van der Waals surface area (Å²) in [7, 11) is 0. The van der Waals surface area contributed by atoms with Gasteiger partial charge in [-0.2, -0.15) is 0 Å². The second kappa shape index (κ2) is 5.28. The molecule has 1 aliphatic rings. The predicted molar refractivity (Wildman–Crippen MR) is 70.6 cm³/mol. The third-order valence-electron chi connectivity index (χ3n) is 3.18. The summed E-state index contributed by atoms with van der Waals surface area (Å²) in [6, 6.07) is 7.34. The van der Waals surface area contributed by atoms with Crippen molar-refractivity contribution in [1.82, 2.24) is 5.32 Å². The average Bonchev–Trinajstić information content (AvgIpc) is 3.10. The number of hydrogen-bond acceptors (Lipinski definition) is 1. The lowest BCUT2D eigenvalue weighted by Gasteiger charge is -2.12. The molecule has 2 nitrogen and oxygen atoms in total. The lowest BCUT2D eigenvalue weighted by Crippen LogP contribution is -2.32. The van der Waals surface area contributed by atoms with Crippen LogP contribution in [-0.4, -0.2) is 18.3 Å². The molecule has 1 amide bonds. The van der Waals surface area contributed by atoms with Crippen LogP contribution in [0, 0.1) is 5.41 Å². The molecule has 0 saturated heterocycles. The molecule has 92 valence electrons. The van der Waals surface area contributed by atoms with Crippen LogP contribution in [0.25, 0.3) is 0 Å². The van der Waals surface area contributed by atoms with E-state index < -0.39 is 0 Å². The maximum atomic E-state index is 11.7. The topological polar surface area (TPSA) is 29.1 Å². The maximum Gasteiger partial charge on any atom is 0.224 e. The molecule has 0 spiro atoms. The number of benzene rings is 1. The van der Waals surface area contributed by atoms with Gasteiger partial charge in [0.05, 0.1) is 6.42 Å². The normalized spacial score (nSPS) is 16.6. The van der Waals surface area contributed by atoms with Crippen LogP contribution < -0.4 is 5.32 Å². The van der Waals surface area contributed by atoms with E-state index in [4.69, 9.17) is 23.2 Å². The highest BCUT2D eigenvalue weighted by Crippen LogP contribution is 2.45. The van der Waals surface area contributed by atoms with Gasteiger partial charge in [-0.25, -0.2) is 0 Å². The molecular formula is C13H15Cl2NO. The molecule has 1 saturated carbocycles. The van der Waals surface area contributed by atoms with Crippen molar-refractivity contribution in [3.63, 3.8) is 0 Å². The zero-order valence-electron chi connectivity index (χ0n) is 9.51. The molecular weight excluding hydrogens is 257 g/mol. The minimum Gasteiger partial charge on any atom is -0.355 e. The average molecular weight is 272 g/mol. The molecule has 0 radical (unpaired) electrons. The van der Waals surface area contributed by atoms with Gasteiger partial charge in [-0.15, -0.1) is 11.6 Å². The van der Waals surface area contributed by atoms with Gasteiger partial charge in [0.2, 0.25) is 5.91 Å². The molecule has 17 heavy (non-hydrogen) atoms. The molecule has 1 aliphatic carbocycles. The van der Waals surface area contributed by atoms with Crippen LogP contribution in [-0.2, 0) is 11.2 Å². The zero-order valence-corrected chi connectivity index (χ0v) is 11.0. The highest BCUT2D eigenvalue weighted by atomic mass is 35.5. The Morgan fingerprint density at radius 2 is 1.94 bits per heavy atom.